The number of ether oxygens (including phenoxy) is 2. The molecule has 2 rings (SSSR count). The van der Waals surface area contributed by atoms with Gasteiger partial charge in [-0.25, -0.2) is 0 Å². The number of amides is 2. The molecule has 0 heterocycles. The lowest BCUT2D eigenvalue weighted by Gasteiger charge is -2.09. The van der Waals surface area contributed by atoms with Crippen LogP contribution in [0.15, 0.2) is 42.5 Å². The number of benzene rings is 2. The number of nitro benzene ring substituents is 1. The third kappa shape index (κ3) is 6.69. The maximum Gasteiger partial charge on any atom is 0.387 e. The van der Waals surface area contributed by atoms with Crippen molar-refractivity contribution in [2.75, 3.05) is 20.2 Å². The van der Waals surface area contributed by atoms with Crippen molar-refractivity contribution in [2.45, 2.75) is 13.0 Å². The number of carbonyl (C=O) groups is 2. The van der Waals surface area contributed by atoms with Gasteiger partial charge in [-0.1, -0.05) is 12.1 Å². The van der Waals surface area contributed by atoms with E-state index in [0.29, 0.717) is 6.42 Å². The van der Waals surface area contributed by atoms with Gasteiger partial charge in [0, 0.05) is 18.2 Å². The van der Waals surface area contributed by atoms with Crippen LogP contribution in [0.5, 0.6) is 11.5 Å². The molecule has 2 aromatic rings. The molecule has 0 atom stereocenters. The fourth-order valence-electron chi connectivity index (χ4n) is 2.48. The lowest BCUT2D eigenvalue weighted by molar-refractivity contribution is -0.385. The molecule has 2 amide bonds. The van der Waals surface area contributed by atoms with Crippen LogP contribution in [0.25, 0.3) is 0 Å². The first-order valence-electron chi connectivity index (χ1n) is 8.71. The fraction of sp³-hybridized carbons (Fsp3) is 0.263. The smallest absolute Gasteiger partial charge is 0.387 e. The quantitative estimate of drug-likeness (QED) is 0.447. The molecule has 2 N–H and O–H groups in total. The molecule has 0 bridgehead atoms. The van der Waals surface area contributed by atoms with Crippen LogP contribution in [0.1, 0.15) is 15.9 Å². The Hall–Kier alpha value is -3.76. The Bertz CT molecular complexity index is 906. The zero-order chi connectivity index (χ0) is 22.1. The average Bonchev–Trinajstić information content (AvgIpc) is 2.72. The van der Waals surface area contributed by atoms with Crippen LogP contribution in [0.4, 0.5) is 14.5 Å². The van der Waals surface area contributed by atoms with E-state index in [1.165, 1.54) is 31.4 Å². The molecular formula is C19H19F2N3O6. The van der Waals surface area contributed by atoms with Crippen LogP contribution in [0.3, 0.4) is 0 Å². The molecule has 0 saturated heterocycles. The van der Waals surface area contributed by atoms with Crippen LogP contribution < -0.4 is 20.1 Å². The summed E-state index contributed by atoms with van der Waals surface area (Å²) in [6, 6.07) is 9.71. The Morgan fingerprint density at radius 1 is 1.13 bits per heavy atom. The van der Waals surface area contributed by atoms with E-state index in [0.717, 1.165) is 11.6 Å². The van der Waals surface area contributed by atoms with E-state index < -0.39 is 23.3 Å². The predicted molar refractivity (Wildman–Crippen MR) is 102 cm³/mol. The molecule has 0 unspecified atom stereocenters. The van der Waals surface area contributed by atoms with Crippen molar-refractivity contribution >= 4 is 17.5 Å². The van der Waals surface area contributed by atoms with Crippen LogP contribution in [-0.2, 0) is 11.2 Å². The van der Waals surface area contributed by atoms with E-state index in [1.54, 1.807) is 12.1 Å². The summed E-state index contributed by atoms with van der Waals surface area (Å²) in [4.78, 5) is 34.3. The summed E-state index contributed by atoms with van der Waals surface area (Å²) in [5.41, 5.74) is 0.451. The van der Waals surface area contributed by atoms with Crippen molar-refractivity contribution in [1.29, 1.82) is 0 Å². The highest BCUT2D eigenvalue weighted by Gasteiger charge is 2.18. The molecule has 0 spiro atoms. The third-order valence-electron chi connectivity index (χ3n) is 3.93. The summed E-state index contributed by atoms with van der Waals surface area (Å²) in [6.45, 7) is -2.95. The Kier molecular flexibility index (Phi) is 8.03. The van der Waals surface area contributed by atoms with Gasteiger partial charge < -0.3 is 20.1 Å². The van der Waals surface area contributed by atoms with Gasteiger partial charge in [0.15, 0.2) is 5.75 Å². The number of rotatable bonds is 10. The van der Waals surface area contributed by atoms with Crippen LogP contribution >= 0.6 is 0 Å². The van der Waals surface area contributed by atoms with Gasteiger partial charge in [0.2, 0.25) is 5.91 Å². The summed E-state index contributed by atoms with van der Waals surface area (Å²) >= 11 is 0. The summed E-state index contributed by atoms with van der Waals surface area (Å²) < 4.78 is 33.3. The lowest BCUT2D eigenvalue weighted by atomic mass is 10.1. The van der Waals surface area contributed by atoms with Crippen molar-refractivity contribution in [2.24, 2.45) is 0 Å². The van der Waals surface area contributed by atoms with E-state index in [9.17, 15) is 28.5 Å². The van der Waals surface area contributed by atoms with E-state index in [4.69, 9.17) is 4.74 Å². The van der Waals surface area contributed by atoms with Gasteiger partial charge in [-0.15, -0.1) is 0 Å². The maximum atomic E-state index is 12.1. The minimum atomic E-state index is -2.89. The zero-order valence-corrected chi connectivity index (χ0v) is 15.9. The second-order valence-corrected chi connectivity index (χ2v) is 5.95. The monoisotopic (exact) mass is 423 g/mol. The number of nitrogens with one attached hydrogen (secondary N) is 2. The number of alkyl halides is 2. The van der Waals surface area contributed by atoms with Gasteiger partial charge >= 0.3 is 12.3 Å². The van der Waals surface area contributed by atoms with Crippen molar-refractivity contribution < 1.29 is 32.8 Å². The van der Waals surface area contributed by atoms with Gasteiger partial charge in [0.05, 0.1) is 18.6 Å². The largest absolute Gasteiger partial charge is 0.490 e. The molecule has 9 nitrogen and oxygen atoms in total. The summed E-state index contributed by atoms with van der Waals surface area (Å²) in [5.74, 6) is -1.04. The number of nitro groups is 1. The minimum Gasteiger partial charge on any atom is -0.490 e. The first-order valence-corrected chi connectivity index (χ1v) is 8.71. The van der Waals surface area contributed by atoms with Crippen molar-refractivity contribution in [3.8, 4) is 11.5 Å². The van der Waals surface area contributed by atoms with Gasteiger partial charge in [-0.3, -0.25) is 19.7 Å². The maximum absolute atomic E-state index is 12.1. The first-order chi connectivity index (χ1) is 14.3. The average molecular weight is 423 g/mol. The molecule has 2 aromatic carbocycles. The van der Waals surface area contributed by atoms with Gasteiger partial charge in [0.25, 0.3) is 5.91 Å². The third-order valence-corrected chi connectivity index (χ3v) is 3.93. The molecule has 0 radical (unpaired) electrons. The highest BCUT2D eigenvalue weighted by molar-refractivity contribution is 5.97. The molecular weight excluding hydrogens is 404 g/mol. The van der Waals surface area contributed by atoms with Gasteiger partial charge in [-0.05, 0) is 36.2 Å². The van der Waals surface area contributed by atoms with E-state index in [-0.39, 0.29) is 35.8 Å². The number of methoxy groups -OCH3 is 1. The lowest BCUT2D eigenvalue weighted by Crippen LogP contribution is -2.37. The van der Waals surface area contributed by atoms with E-state index >= 15 is 0 Å². The van der Waals surface area contributed by atoms with E-state index in [1.807, 2.05) is 0 Å². The molecule has 0 saturated carbocycles. The number of carbonyl (C=O) groups excluding carboxylic acids is 2. The highest BCUT2D eigenvalue weighted by atomic mass is 19.3. The van der Waals surface area contributed by atoms with Crippen molar-refractivity contribution in [3.63, 3.8) is 0 Å². The number of halogens is 2. The second-order valence-electron chi connectivity index (χ2n) is 5.95. The first kappa shape index (κ1) is 22.5. The van der Waals surface area contributed by atoms with Gasteiger partial charge in [-0.2, -0.15) is 8.78 Å². The molecule has 0 aliphatic heterocycles. The molecule has 0 aliphatic carbocycles. The molecule has 0 aliphatic rings. The molecule has 30 heavy (non-hydrogen) atoms. The SMILES string of the molecule is COc1ccc(C(=O)NCC(=O)NCCc2ccc(OC(F)F)cc2)cc1[N+](=O)[O-]. The highest BCUT2D eigenvalue weighted by Crippen LogP contribution is 2.27. The van der Waals surface area contributed by atoms with Crippen molar-refractivity contribution in [1.82, 2.24) is 10.6 Å². The second kappa shape index (κ2) is 10.7. The van der Waals surface area contributed by atoms with E-state index in [2.05, 4.69) is 15.4 Å². The Morgan fingerprint density at radius 2 is 1.83 bits per heavy atom. The number of hydrogen-bond donors (Lipinski definition) is 2. The summed E-state index contributed by atoms with van der Waals surface area (Å²) in [6.07, 6.45) is 0.444. The zero-order valence-electron chi connectivity index (χ0n) is 15.9. The van der Waals surface area contributed by atoms with Crippen molar-refractivity contribution in [3.05, 3.63) is 63.7 Å². The predicted octanol–water partition coefficient (Wildman–Crippen LogP) is 2.29. The Labute approximate surface area is 170 Å². The van der Waals surface area contributed by atoms with Gasteiger partial charge in [0.1, 0.15) is 5.75 Å². The molecule has 0 fully saturated rings. The van der Waals surface area contributed by atoms with Crippen LogP contribution in [-0.4, -0.2) is 43.5 Å². The Balaban J connectivity index is 1.78. The topological polar surface area (TPSA) is 120 Å². The Morgan fingerprint density at radius 3 is 2.43 bits per heavy atom. The summed E-state index contributed by atoms with van der Waals surface area (Å²) in [5, 5.41) is 16.0. The molecule has 11 heteroatoms. The van der Waals surface area contributed by atoms with Crippen LogP contribution in [0, 0.1) is 10.1 Å². The molecule has 0 aromatic heterocycles. The number of hydrogen-bond acceptors (Lipinski definition) is 6. The fourth-order valence-corrected chi connectivity index (χ4v) is 2.48. The van der Waals surface area contributed by atoms with Crippen LogP contribution in [0.2, 0.25) is 0 Å². The molecule has 160 valence electrons. The number of nitrogens with zero attached hydrogens (tertiary/aromatic N) is 1. The normalized spacial score (nSPS) is 10.4. The standard InChI is InChI=1S/C19H19F2N3O6/c1-29-16-7-4-13(10-15(16)24(27)28)18(26)23-11-17(25)22-9-8-12-2-5-14(6-3-12)30-19(20)21/h2-7,10,19H,8-9,11H2,1H3,(H,22,25)(H,23,26). The minimum absolute atomic E-state index is 0.0152. The summed E-state index contributed by atoms with van der Waals surface area (Å²) in [7, 11) is 1.28.